The van der Waals surface area contributed by atoms with Gasteiger partial charge >= 0.3 is 0 Å². The fourth-order valence-corrected chi connectivity index (χ4v) is 3.10. The molecule has 0 aromatic heterocycles. The number of nitrogens with zero attached hydrogens (tertiary/aromatic N) is 1. The molecule has 0 aliphatic heterocycles. The second-order valence-corrected chi connectivity index (χ2v) is 5.73. The molecule has 0 saturated heterocycles. The number of aryl methyl sites for hydroxylation is 1. The molecule has 1 aliphatic carbocycles. The van der Waals surface area contributed by atoms with Crippen LogP contribution in [0.25, 0.3) is 0 Å². The van der Waals surface area contributed by atoms with Crippen molar-refractivity contribution in [2.75, 3.05) is 7.05 Å². The summed E-state index contributed by atoms with van der Waals surface area (Å²) in [7, 11) is 1.72. The van der Waals surface area contributed by atoms with Crippen molar-refractivity contribution in [3.63, 3.8) is 0 Å². The average molecular weight is 304 g/mol. The first-order chi connectivity index (χ1) is 10.1. The standard InChI is InChI=1S/C17H15ClFNO/c1-20(16-9-6-11-4-2-3-5-13(11)16)17(21)14-10-12(18)7-8-15(14)19/h2-5,7-8,10,16H,6,9H2,1H3/t16-/m0/s1. The van der Waals surface area contributed by atoms with Crippen molar-refractivity contribution in [2.45, 2.75) is 18.9 Å². The lowest BCUT2D eigenvalue weighted by Crippen LogP contribution is -2.30. The molecule has 2 aromatic rings. The van der Waals surface area contributed by atoms with Crippen LogP contribution in [0.3, 0.4) is 0 Å². The smallest absolute Gasteiger partial charge is 0.257 e. The van der Waals surface area contributed by atoms with Gasteiger partial charge in [0.2, 0.25) is 0 Å². The van der Waals surface area contributed by atoms with Gasteiger partial charge in [-0.3, -0.25) is 4.79 Å². The minimum atomic E-state index is -0.539. The monoisotopic (exact) mass is 303 g/mol. The van der Waals surface area contributed by atoms with E-state index in [1.807, 2.05) is 18.2 Å². The molecule has 2 aromatic carbocycles. The SMILES string of the molecule is CN(C(=O)c1cc(Cl)ccc1F)[C@H]1CCc2ccccc21. The highest BCUT2D eigenvalue weighted by Crippen LogP contribution is 2.35. The van der Waals surface area contributed by atoms with E-state index in [2.05, 4.69) is 6.07 Å². The molecule has 1 aliphatic rings. The summed E-state index contributed by atoms with van der Waals surface area (Å²) < 4.78 is 13.9. The maximum absolute atomic E-state index is 13.9. The second-order valence-electron chi connectivity index (χ2n) is 5.29. The predicted molar refractivity (Wildman–Crippen MR) is 81.0 cm³/mol. The summed E-state index contributed by atoms with van der Waals surface area (Å²) in [5.74, 6) is -0.876. The quantitative estimate of drug-likeness (QED) is 0.812. The Morgan fingerprint density at radius 2 is 2.05 bits per heavy atom. The zero-order valence-electron chi connectivity index (χ0n) is 11.6. The zero-order chi connectivity index (χ0) is 15.0. The molecule has 0 heterocycles. The van der Waals surface area contributed by atoms with Crippen LogP contribution in [0.15, 0.2) is 42.5 Å². The summed E-state index contributed by atoms with van der Waals surface area (Å²) >= 11 is 5.87. The number of rotatable bonds is 2. The number of carbonyl (C=O) groups excluding carboxylic acids is 1. The first kappa shape index (κ1) is 14.1. The Kier molecular flexibility index (Phi) is 3.68. The first-order valence-electron chi connectivity index (χ1n) is 6.88. The fourth-order valence-electron chi connectivity index (χ4n) is 2.93. The van der Waals surface area contributed by atoms with Gasteiger partial charge in [-0.25, -0.2) is 4.39 Å². The van der Waals surface area contributed by atoms with E-state index in [0.717, 1.165) is 18.4 Å². The van der Waals surface area contributed by atoms with Crippen molar-refractivity contribution in [3.8, 4) is 0 Å². The summed E-state index contributed by atoms with van der Waals surface area (Å²) in [5, 5.41) is 0.361. The van der Waals surface area contributed by atoms with Gasteiger partial charge in [0.1, 0.15) is 5.82 Å². The fraction of sp³-hybridized carbons (Fsp3) is 0.235. The van der Waals surface area contributed by atoms with Gasteiger partial charge in [0.15, 0.2) is 0 Å². The van der Waals surface area contributed by atoms with Crippen LogP contribution >= 0.6 is 11.6 Å². The molecule has 3 rings (SSSR count). The largest absolute Gasteiger partial charge is 0.335 e. The molecule has 2 nitrogen and oxygen atoms in total. The lowest BCUT2D eigenvalue weighted by atomic mass is 10.1. The highest BCUT2D eigenvalue weighted by molar-refractivity contribution is 6.31. The number of fused-ring (bicyclic) bond motifs is 1. The van der Waals surface area contributed by atoms with Crippen molar-refractivity contribution in [2.24, 2.45) is 0 Å². The molecule has 21 heavy (non-hydrogen) atoms. The summed E-state index contributed by atoms with van der Waals surface area (Å²) in [6.07, 6.45) is 1.81. The van der Waals surface area contributed by atoms with Gasteiger partial charge in [0.25, 0.3) is 5.91 Å². The first-order valence-corrected chi connectivity index (χ1v) is 7.25. The molecule has 0 bridgehead atoms. The van der Waals surface area contributed by atoms with Crippen molar-refractivity contribution in [1.82, 2.24) is 4.90 Å². The third kappa shape index (κ3) is 2.54. The molecule has 1 amide bonds. The summed E-state index contributed by atoms with van der Waals surface area (Å²) in [5.41, 5.74) is 2.43. The van der Waals surface area contributed by atoms with Gasteiger partial charge < -0.3 is 4.90 Å². The Balaban J connectivity index is 1.91. The van der Waals surface area contributed by atoms with E-state index in [1.54, 1.807) is 11.9 Å². The Bertz CT molecular complexity index is 701. The molecule has 0 fully saturated rings. The summed E-state index contributed by atoms with van der Waals surface area (Å²) in [6.45, 7) is 0. The molecule has 1 atom stereocenters. The van der Waals surface area contributed by atoms with Crippen molar-refractivity contribution in [1.29, 1.82) is 0 Å². The van der Waals surface area contributed by atoms with Gasteiger partial charge in [-0.1, -0.05) is 35.9 Å². The topological polar surface area (TPSA) is 20.3 Å². The number of hydrogen-bond acceptors (Lipinski definition) is 1. The molecule has 0 radical (unpaired) electrons. The predicted octanol–water partition coefficient (Wildman–Crippen LogP) is 4.24. The maximum Gasteiger partial charge on any atom is 0.257 e. The van der Waals surface area contributed by atoms with Gasteiger partial charge in [-0.05, 0) is 42.2 Å². The van der Waals surface area contributed by atoms with Crippen LogP contribution in [0.5, 0.6) is 0 Å². The van der Waals surface area contributed by atoms with Crippen molar-refractivity contribution >= 4 is 17.5 Å². The molecule has 0 unspecified atom stereocenters. The van der Waals surface area contributed by atoms with E-state index in [-0.39, 0.29) is 17.5 Å². The van der Waals surface area contributed by atoms with E-state index in [9.17, 15) is 9.18 Å². The zero-order valence-corrected chi connectivity index (χ0v) is 12.4. The minimum absolute atomic E-state index is 0.00733. The highest BCUT2D eigenvalue weighted by Gasteiger charge is 2.29. The third-order valence-corrected chi connectivity index (χ3v) is 4.28. The van der Waals surface area contributed by atoms with Crippen LogP contribution in [0.4, 0.5) is 4.39 Å². The summed E-state index contributed by atoms with van der Waals surface area (Å²) in [6, 6.07) is 12.1. The number of hydrogen-bond donors (Lipinski definition) is 0. The number of carbonyl (C=O) groups is 1. The summed E-state index contributed by atoms with van der Waals surface area (Å²) in [4.78, 5) is 14.2. The Labute approximate surface area is 128 Å². The Hall–Kier alpha value is -1.87. The molecule has 0 saturated carbocycles. The van der Waals surface area contributed by atoms with Gasteiger partial charge in [-0.15, -0.1) is 0 Å². The van der Waals surface area contributed by atoms with E-state index in [1.165, 1.54) is 23.8 Å². The van der Waals surface area contributed by atoms with E-state index in [4.69, 9.17) is 11.6 Å². The van der Waals surface area contributed by atoms with E-state index >= 15 is 0 Å². The number of amides is 1. The van der Waals surface area contributed by atoms with E-state index in [0.29, 0.717) is 5.02 Å². The van der Waals surface area contributed by atoms with Crippen LogP contribution in [0.2, 0.25) is 5.02 Å². The molecular weight excluding hydrogens is 289 g/mol. The van der Waals surface area contributed by atoms with Crippen molar-refractivity contribution in [3.05, 3.63) is 70.0 Å². The van der Waals surface area contributed by atoms with Gasteiger partial charge in [0.05, 0.1) is 11.6 Å². The van der Waals surface area contributed by atoms with Crippen LogP contribution in [0, 0.1) is 5.82 Å². The minimum Gasteiger partial charge on any atom is -0.335 e. The lowest BCUT2D eigenvalue weighted by Gasteiger charge is -2.25. The van der Waals surface area contributed by atoms with E-state index < -0.39 is 5.82 Å². The highest BCUT2D eigenvalue weighted by atomic mass is 35.5. The van der Waals surface area contributed by atoms with Crippen LogP contribution in [-0.4, -0.2) is 17.9 Å². The molecule has 4 heteroatoms. The molecule has 0 spiro atoms. The lowest BCUT2D eigenvalue weighted by molar-refractivity contribution is 0.0726. The number of halogens is 2. The molecule has 0 N–H and O–H groups in total. The van der Waals surface area contributed by atoms with Gasteiger partial charge in [0, 0.05) is 12.1 Å². The Morgan fingerprint density at radius 3 is 2.86 bits per heavy atom. The second kappa shape index (κ2) is 5.49. The van der Waals surface area contributed by atoms with Gasteiger partial charge in [-0.2, -0.15) is 0 Å². The molecular formula is C17H15ClFNO. The normalized spacial score (nSPS) is 16.6. The molecule has 108 valence electrons. The van der Waals surface area contributed by atoms with Crippen LogP contribution in [0.1, 0.15) is 33.9 Å². The maximum atomic E-state index is 13.9. The third-order valence-electron chi connectivity index (χ3n) is 4.05. The van der Waals surface area contributed by atoms with Crippen molar-refractivity contribution < 1.29 is 9.18 Å². The van der Waals surface area contributed by atoms with Crippen LogP contribution < -0.4 is 0 Å². The van der Waals surface area contributed by atoms with Crippen LogP contribution in [-0.2, 0) is 6.42 Å². The average Bonchev–Trinajstić information content (AvgIpc) is 2.92. The number of benzene rings is 2. The Morgan fingerprint density at radius 1 is 1.29 bits per heavy atom.